The SMILES string of the molecule is COCCOc1ccc(CNC(=O)C=Cc2cnn(-c3ccccc3)c2)cc1. The quantitative estimate of drug-likeness (QED) is 0.459. The average Bonchev–Trinajstić information content (AvgIpc) is 3.22. The first kappa shape index (κ1) is 19.4. The maximum Gasteiger partial charge on any atom is 0.244 e. The van der Waals surface area contributed by atoms with E-state index in [-0.39, 0.29) is 5.91 Å². The molecule has 6 nitrogen and oxygen atoms in total. The van der Waals surface area contributed by atoms with E-state index < -0.39 is 0 Å². The molecule has 1 aromatic heterocycles. The number of para-hydroxylation sites is 1. The Labute approximate surface area is 164 Å². The van der Waals surface area contributed by atoms with E-state index in [9.17, 15) is 4.79 Å². The average molecular weight is 377 g/mol. The molecule has 0 aliphatic rings. The van der Waals surface area contributed by atoms with E-state index in [4.69, 9.17) is 9.47 Å². The van der Waals surface area contributed by atoms with Gasteiger partial charge in [0, 0.05) is 31.5 Å². The maximum absolute atomic E-state index is 12.0. The van der Waals surface area contributed by atoms with E-state index in [0.29, 0.717) is 19.8 Å². The molecule has 6 heteroatoms. The van der Waals surface area contributed by atoms with Crippen molar-refractivity contribution in [1.82, 2.24) is 15.1 Å². The zero-order chi connectivity index (χ0) is 19.6. The van der Waals surface area contributed by atoms with Gasteiger partial charge < -0.3 is 14.8 Å². The lowest BCUT2D eigenvalue weighted by molar-refractivity contribution is -0.116. The summed E-state index contributed by atoms with van der Waals surface area (Å²) in [6, 6.07) is 17.4. The largest absolute Gasteiger partial charge is 0.491 e. The van der Waals surface area contributed by atoms with E-state index in [1.54, 1.807) is 24.1 Å². The number of carbonyl (C=O) groups excluding carboxylic acids is 1. The van der Waals surface area contributed by atoms with Crippen molar-refractivity contribution in [3.05, 3.63) is 84.2 Å². The first-order valence-corrected chi connectivity index (χ1v) is 9.01. The molecule has 3 rings (SSSR count). The fourth-order valence-corrected chi connectivity index (χ4v) is 2.51. The molecular formula is C22H23N3O3. The highest BCUT2D eigenvalue weighted by atomic mass is 16.5. The standard InChI is InChI=1S/C22H23N3O3/c1-27-13-14-28-21-10-7-18(8-11-21)15-23-22(26)12-9-19-16-24-25(17-19)20-5-3-2-4-6-20/h2-12,16-17H,13-15H2,1H3,(H,23,26). The van der Waals surface area contributed by atoms with Gasteiger partial charge in [-0.2, -0.15) is 5.10 Å². The van der Waals surface area contributed by atoms with Crippen LogP contribution in [0.25, 0.3) is 11.8 Å². The number of nitrogens with one attached hydrogen (secondary N) is 1. The number of nitrogens with zero attached hydrogens (tertiary/aromatic N) is 2. The second kappa shape index (κ2) is 10.1. The normalized spacial score (nSPS) is 10.9. The molecule has 0 fully saturated rings. The second-order valence-electron chi connectivity index (χ2n) is 6.09. The summed E-state index contributed by atoms with van der Waals surface area (Å²) in [5.74, 6) is 0.621. The van der Waals surface area contributed by atoms with Crippen molar-refractivity contribution >= 4 is 12.0 Å². The van der Waals surface area contributed by atoms with E-state index in [1.165, 1.54) is 6.08 Å². The van der Waals surface area contributed by atoms with Gasteiger partial charge in [-0.25, -0.2) is 4.68 Å². The van der Waals surface area contributed by atoms with Crippen molar-refractivity contribution in [3.8, 4) is 11.4 Å². The van der Waals surface area contributed by atoms with Crippen molar-refractivity contribution in [2.75, 3.05) is 20.3 Å². The minimum atomic E-state index is -0.159. The molecule has 1 amide bonds. The Morgan fingerprint density at radius 2 is 1.89 bits per heavy atom. The first-order valence-electron chi connectivity index (χ1n) is 9.01. The third-order valence-electron chi connectivity index (χ3n) is 4.00. The van der Waals surface area contributed by atoms with Gasteiger partial charge in [-0.3, -0.25) is 4.79 Å². The van der Waals surface area contributed by atoms with Crippen LogP contribution in [0, 0.1) is 0 Å². The Balaban J connectivity index is 1.47. The Bertz CT molecular complexity index is 902. The van der Waals surface area contributed by atoms with Gasteiger partial charge in [0.2, 0.25) is 5.91 Å². The van der Waals surface area contributed by atoms with Gasteiger partial charge in [-0.15, -0.1) is 0 Å². The zero-order valence-electron chi connectivity index (χ0n) is 15.7. The minimum absolute atomic E-state index is 0.159. The first-order chi connectivity index (χ1) is 13.7. The summed E-state index contributed by atoms with van der Waals surface area (Å²) in [4.78, 5) is 12.0. The molecule has 0 saturated carbocycles. The fraction of sp³-hybridized carbons (Fsp3) is 0.182. The molecule has 0 radical (unpaired) electrons. The van der Waals surface area contributed by atoms with Crippen molar-refractivity contribution in [2.24, 2.45) is 0 Å². The highest BCUT2D eigenvalue weighted by molar-refractivity contribution is 5.91. The van der Waals surface area contributed by atoms with Crippen LogP contribution in [0.5, 0.6) is 5.75 Å². The molecule has 28 heavy (non-hydrogen) atoms. The highest BCUT2D eigenvalue weighted by Gasteiger charge is 2.01. The molecule has 1 N–H and O–H groups in total. The maximum atomic E-state index is 12.0. The van der Waals surface area contributed by atoms with E-state index >= 15 is 0 Å². The lowest BCUT2D eigenvalue weighted by atomic mass is 10.2. The van der Waals surface area contributed by atoms with Gasteiger partial charge in [-0.05, 0) is 35.9 Å². The van der Waals surface area contributed by atoms with Gasteiger partial charge in [0.1, 0.15) is 12.4 Å². The second-order valence-corrected chi connectivity index (χ2v) is 6.09. The van der Waals surface area contributed by atoms with E-state index in [2.05, 4.69) is 10.4 Å². The number of hydrogen-bond donors (Lipinski definition) is 1. The number of methoxy groups -OCH3 is 1. The number of rotatable bonds is 9. The minimum Gasteiger partial charge on any atom is -0.491 e. The Hall–Kier alpha value is -3.38. The van der Waals surface area contributed by atoms with Crippen LogP contribution in [0.15, 0.2) is 73.1 Å². The predicted molar refractivity (Wildman–Crippen MR) is 108 cm³/mol. The summed E-state index contributed by atoms with van der Waals surface area (Å²) in [6.07, 6.45) is 6.85. The van der Waals surface area contributed by atoms with Gasteiger partial charge in [0.15, 0.2) is 0 Å². The number of ether oxygens (including phenoxy) is 2. The Morgan fingerprint density at radius 3 is 2.64 bits per heavy atom. The summed E-state index contributed by atoms with van der Waals surface area (Å²) in [5.41, 5.74) is 2.83. The van der Waals surface area contributed by atoms with Crippen LogP contribution in [0.2, 0.25) is 0 Å². The molecule has 0 unspecified atom stereocenters. The fourth-order valence-electron chi connectivity index (χ4n) is 2.51. The summed E-state index contributed by atoms with van der Waals surface area (Å²) in [5, 5.41) is 7.17. The smallest absolute Gasteiger partial charge is 0.244 e. The zero-order valence-corrected chi connectivity index (χ0v) is 15.7. The number of benzene rings is 2. The summed E-state index contributed by atoms with van der Waals surface area (Å²) < 4.78 is 12.2. The molecule has 0 saturated heterocycles. The molecule has 0 atom stereocenters. The summed E-state index contributed by atoms with van der Waals surface area (Å²) >= 11 is 0. The van der Waals surface area contributed by atoms with Crippen LogP contribution >= 0.6 is 0 Å². The van der Waals surface area contributed by atoms with Gasteiger partial charge in [-0.1, -0.05) is 30.3 Å². The summed E-state index contributed by atoms with van der Waals surface area (Å²) in [6.45, 7) is 1.51. The molecule has 1 heterocycles. The van der Waals surface area contributed by atoms with Crippen LogP contribution in [0.1, 0.15) is 11.1 Å². The van der Waals surface area contributed by atoms with Crippen LogP contribution < -0.4 is 10.1 Å². The van der Waals surface area contributed by atoms with Gasteiger partial charge >= 0.3 is 0 Å². The molecule has 0 spiro atoms. The van der Waals surface area contributed by atoms with Gasteiger partial charge in [0.25, 0.3) is 0 Å². The summed E-state index contributed by atoms with van der Waals surface area (Å²) in [7, 11) is 1.64. The van der Waals surface area contributed by atoms with E-state index in [1.807, 2.05) is 60.8 Å². The predicted octanol–water partition coefficient (Wildman–Crippen LogP) is 3.23. The third kappa shape index (κ3) is 5.82. The van der Waals surface area contributed by atoms with Crippen LogP contribution in [-0.2, 0) is 16.1 Å². The molecule has 0 aliphatic heterocycles. The highest BCUT2D eigenvalue weighted by Crippen LogP contribution is 2.12. The number of aromatic nitrogens is 2. The Kier molecular flexibility index (Phi) is 6.98. The van der Waals surface area contributed by atoms with Crippen LogP contribution in [-0.4, -0.2) is 36.0 Å². The molecule has 2 aromatic carbocycles. The van der Waals surface area contributed by atoms with Crippen molar-refractivity contribution in [2.45, 2.75) is 6.54 Å². The van der Waals surface area contributed by atoms with Crippen molar-refractivity contribution < 1.29 is 14.3 Å². The number of amides is 1. The topological polar surface area (TPSA) is 65.4 Å². The third-order valence-corrected chi connectivity index (χ3v) is 4.00. The van der Waals surface area contributed by atoms with Crippen LogP contribution in [0.4, 0.5) is 0 Å². The monoisotopic (exact) mass is 377 g/mol. The van der Waals surface area contributed by atoms with Crippen LogP contribution in [0.3, 0.4) is 0 Å². The lowest BCUT2D eigenvalue weighted by Gasteiger charge is -2.07. The lowest BCUT2D eigenvalue weighted by Crippen LogP contribution is -2.20. The van der Waals surface area contributed by atoms with Crippen molar-refractivity contribution in [3.63, 3.8) is 0 Å². The number of hydrogen-bond acceptors (Lipinski definition) is 4. The molecular weight excluding hydrogens is 354 g/mol. The Morgan fingerprint density at radius 1 is 1.11 bits per heavy atom. The van der Waals surface area contributed by atoms with Gasteiger partial charge in [0.05, 0.1) is 18.5 Å². The molecule has 3 aromatic rings. The number of carbonyl (C=O) groups is 1. The van der Waals surface area contributed by atoms with E-state index in [0.717, 1.165) is 22.6 Å². The molecule has 0 bridgehead atoms. The van der Waals surface area contributed by atoms with Crippen molar-refractivity contribution in [1.29, 1.82) is 0 Å². The molecule has 144 valence electrons. The molecule has 0 aliphatic carbocycles.